The Labute approximate surface area is 66.8 Å². The highest BCUT2D eigenvalue weighted by atomic mass is 16.6. The molecule has 0 spiro atoms. The molecule has 0 unspecified atom stereocenters. The second-order valence-corrected chi connectivity index (χ2v) is 2.13. The van der Waals surface area contributed by atoms with Crippen molar-refractivity contribution in [3.63, 3.8) is 0 Å². The van der Waals surface area contributed by atoms with Crippen LogP contribution in [0.3, 0.4) is 0 Å². The van der Waals surface area contributed by atoms with E-state index in [9.17, 15) is 0 Å². The van der Waals surface area contributed by atoms with Gasteiger partial charge < -0.3 is 9.47 Å². The van der Waals surface area contributed by atoms with Crippen molar-refractivity contribution >= 4 is 0 Å². The van der Waals surface area contributed by atoms with E-state index in [2.05, 4.69) is 6.58 Å². The summed E-state index contributed by atoms with van der Waals surface area (Å²) >= 11 is 0. The fourth-order valence-corrected chi connectivity index (χ4v) is 0.887. The van der Waals surface area contributed by atoms with Crippen molar-refractivity contribution in [1.29, 1.82) is 0 Å². The van der Waals surface area contributed by atoms with E-state index in [4.69, 9.17) is 9.47 Å². The van der Waals surface area contributed by atoms with E-state index in [0.717, 1.165) is 11.5 Å². The van der Waals surface area contributed by atoms with E-state index in [1.807, 2.05) is 19.1 Å². The maximum absolute atomic E-state index is 5.32. The summed E-state index contributed by atoms with van der Waals surface area (Å²) < 4.78 is 10.6. The molecule has 60 valence electrons. The zero-order valence-electron chi connectivity index (χ0n) is 6.67. The fourth-order valence-electron chi connectivity index (χ4n) is 0.887. The van der Waals surface area contributed by atoms with E-state index >= 15 is 0 Å². The highest BCUT2D eigenvalue weighted by Gasteiger charge is 2.08. The van der Waals surface area contributed by atoms with Gasteiger partial charge in [0.15, 0.2) is 11.5 Å². The number of ether oxygens (including phenoxy) is 2. The maximum atomic E-state index is 5.32. The van der Waals surface area contributed by atoms with Gasteiger partial charge in [-0.1, -0.05) is 12.7 Å². The molecular weight excluding hydrogens is 140 g/mol. The largest absolute Gasteiger partial charge is 0.486 e. The molecule has 2 nitrogen and oxygen atoms in total. The van der Waals surface area contributed by atoms with E-state index in [0.29, 0.717) is 13.2 Å². The van der Waals surface area contributed by atoms with Crippen LogP contribution in [0.5, 0.6) is 0 Å². The molecule has 0 aliphatic carbocycles. The maximum Gasteiger partial charge on any atom is 0.161 e. The van der Waals surface area contributed by atoms with Gasteiger partial charge in [-0.05, 0) is 19.1 Å². The summed E-state index contributed by atoms with van der Waals surface area (Å²) in [5.74, 6) is 1.50. The molecule has 1 aliphatic rings. The van der Waals surface area contributed by atoms with E-state index in [1.54, 1.807) is 6.08 Å². The SMILES string of the molecule is C=CC1=C(/C=C\C)OCCO1. The Hall–Kier alpha value is -1.18. The molecule has 0 bridgehead atoms. The molecule has 0 amide bonds. The molecule has 0 fully saturated rings. The third kappa shape index (κ3) is 1.87. The van der Waals surface area contributed by atoms with Gasteiger partial charge in [-0.3, -0.25) is 0 Å². The van der Waals surface area contributed by atoms with Crippen molar-refractivity contribution in [2.24, 2.45) is 0 Å². The summed E-state index contributed by atoms with van der Waals surface area (Å²) in [6.45, 7) is 6.79. The molecule has 0 aromatic rings. The van der Waals surface area contributed by atoms with E-state index in [1.165, 1.54) is 0 Å². The zero-order valence-corrected chi connectivity index (χ0v) is 6.67. The average molecular weight is 152 g/mol. The Morgan fingerprint density at radius 3 is 2.45 bits per heavy atom. The van der Waals surface area contributed by atoms with Crippen LogP contribution in [0.25, 0.3) is 0 Å². The first-order valence-electron chi connectivity index (χ1n) is 3.63. The minimum atomic E-state index is 0.613. The molecule has 1 rings (SSSR count). The van der Waals surface area contributed by atoms with Crippen LogP contribution in [0.1, 0.15) is 6.92 Å². The molecule has 2 heteroatoms. The van der Waals surface area contributed by atoms with Crippen LogP contribution in [-0.2, 0) is 9.47 Å². The van der Waals surface area contributed by atoms with Crippen LogP contribution in [0.15, 0.2) is 36.3 Å². The van der Waals surface area contributed by atoms with Gasteiger partial charge in [-0.15, -0.1) is 0 Å². The third-order valence-electron chi connectivity index (χ3n) is 1.34. The van der Waals surface area contributed by atoms with Gasteiger partial charge in [0, 0.05) is 0 Å². The first-order valence-corrected chi connectivity index (χ1v) is 3.63. The van der Waals surface area contributed by atoms with E-state index < -0.39 is 0 Å². The molecule has 0 aromatic carbocycles. The highest BCUT2D eigenvalue weighted by molar-refractivity contribution is 5.24. The smallest absolute Gasteiger partial charge is 0.161 e. The number of hydrogen-bond donors (Lipinski definition) is 0. The molecule has 0 aromatic heterocycles. The predicted octanol–water partition coefficient (Wildman–Crippen LogP) is 2.01. The van der Waals surface area contributed by atoms with Gasteiger partial charge in [-0.25, -0.2) is 0 Å². The van der Waals surface area contributed by atoms with E-state index in [-0.39, 0.29) is 0 Å². The topological polar surface area (TPSA) is 18.5 Å². The second kappa shape index (κ2) is 3.86. The Morgan fingerprint density at radius 1 is 1.27 bits per heavy atom. The van der Waals surface area contributed by atoms with Gasteiger partial charge in [0.05, 0.1) is 0 Å². The number of hydrogen-bond acceptors (Lipinski definition) is 2. The van der Waals surface area contributed by atoms with Crippen molar-refractivity contribution in [3.8, 4) is 0 Å². The van der Waals surface area contributed by atoms with Crippen LogP contribution < -0.4 is 0 Å². The monoisotopic (exact) mass is 152 g/mol. The molecule has 0 saturated heterocycles. The fraction of sp³-hybridized carbons (Fsp3) is 0.333. The standard InChI is InChI=1S/C9H12O2/c1-3-5-9-8(4-2)10-6-7-11-9/h3-5H,2,6-7H2,1H3/b5-3-. The van der Waals surface area contributed by atoms with Gasteiger partial charge in [-0.2, -0.15) is 0 Å². The van der Waals surface area contributed by atoms with Crippen molar-refractivity contribution in [2.45, 2.75) is 6.92 Å². The van der Waals surface area contributed by atoms with Crippen LogP contribution in [-0.4, -0.2) is 13.2 Å². The first kappa shape index (κ1) is 7.92. The van der Waals surface area contributed by atoms with Gasteiger partial charge >= 0.3 is 0 Å². The Kier molecular flexibility index (Phi) is 2.78. The third-order valence-corrected chi connectivity index (χ3v) is 1.34. The molecule has 0 saturated carbocycles. The van der Waals surface area contributed by atoms with Gasteiger partial charge in [0.25, 0.3) is 0 Å². The minimum absolute atomic E-state index is 0.613. The summed E-state index contributed by atoms with van der Waals surface area (Å²) in [7, 11) is 0. The summed E-state index contributed by atoms with van der Waals surface area (Å²) in [5.41, 5.74) is 0. The Bertz CT molecular complexity index is 202. The summed E-state index contributed by atoms with van der Waals surface area (Å²) in [5, 5.41) is 0. The molecule has 0 N–H and O–H groups in total. The minimum Gasteiger partial charge on any atom is -0.486 e. The summed E-state index contributed by atoms with van der Waals surface area (Å²) in [6, 6.07) is 0. The lowest BCUT2D eigenvalue weighted by Crippen LogP contribution is -2.11. The predicted molar refractivity (Wildman–Crippen MR) is 43.9 cm³/mol. The van der Waals surface area contributed by atoms with Crippen LogP contribution >= 0.6 is 0 Å². The molecule has 0 atom stereocenters. The second-order valence-electron chi connectivity index (χ2n) is 2.13. The molecule has 1 heterocycles. The summed E-state index contributed by atoms with van der Waals surface area (Å²) in [6.07, 6.45) is 5.44. The first-order chi connectivity index (χ1) is 5.38. The Morgan fingerprint density at radius 2 is 1.91 bits per heavy atom. The van der Waals surface area contributed by atoms with Crippen LogP contribution in [0, 0.1) is 0 Å². The molecular formula is C9H12O2. The lowest BCUT2D eigenvalue weighted by molar-refractivity contribution is 0.0769. The van der Waals surface area contributed by atoms with Gasteiger partial charge in [0.2, 0.25) is 0 Å². The number of allylic oxidation sites excluding steroid dienone is 3. The number of rotatable bonds is 2. The lowest BCUT2D eigenvalue weighted by atomic mass is 10.3. The van der Waals surface area contributed by atoms with Crippen LogP contribution in [0.4, 0.5) is 0 Å². The van der Waals surface area contributed by atoms with Crippen molar-refractivity contribution < 1.29 is 9.47 Å². The highest BCUT2D eigenvalue weighted by Crippen LogP contribution is 2.14. The van der Waals surface area contributed by atoms with Crippen LogP contribution in [0.2, 0.25) is 0 Å². The lowest BCUT2D eigenvalue weighted by Gasteiger charge is -2.17. The quantitative estimate of drug-likeness (QED) is 0.602. The molecule has 11 heavy (non-hydrogen) atoms. The van der Waals surface area contributed by atoms with Gasteiger partial charge in [0.1, 0.15) is 13.2 Å². The molecule has 0 radical (unpaired) electrons. The summed E-state index contributed by atoms with van der Waals surface area (Å²) in [4.78, 5) is 0. The zero-order chi connectivity index (χ0) is 8.10. The van der Waals surface area contributed by atoms with Crippen molar-refractivity contribution in [2.75, 3.05) is 13.2 Å². The average Bonchev–Trinajstić information content (AvgIpc) is 2.06. The Balaban J connectivity index is 2.81. The normalized spacial score (nSPS) is 17.9. The molecule has 1 aliphatic heterocycles. The van der Waals surface area contributed by atoms with Crippen molar-refractivity contribution in [1.82, 2.24) is 0 Å². The van der Waals surface area contributed by atoms with Crippen molar-refractivity contribution in [3.05, 3.63) is 36.3 Å².